The highest BCUT2D eigenvalue weighted by Gasteiger charge is 2.49. The quantitative estimate of drug-likeness (QED) is 0.0458. The number of benzene rings is 4. The van der Waals surface area contributed by atoms with Crippen LogP contribution in [0.3, 0.4) is 0 Å². The molecule has 2 fully saturated rings. The second-order valence-electron chi connectivity index (χ2n) is 17.1. The Kier molecular flexibility index (Phi) is 18.7. The maximum absolute atomic E-state index is 14.6. The van der Waals surface area contributed by atoms with Gasteiger partial charge in [0.05, 0.1) is 31.8 Å². The number of allylic oxidation sites excluding steroid dienone is 1. The number of nitrogens with zero attached hydrogens (tertiary/aromatic N) is 1. The first-order valence-electron chi connectivity index (χ1n) is 22.7. The lowest BCUT2D eigenvalue weighted by atomic mass is 9.87. The second-order valence-corrected chi connectivity index (χ2v) is 17.1. The Morgan fingerprint density at radius 2 is 1.42 bits per heavy atom. The van der Waals surface area contributed by atoms with Crippen LogP contribution in [-0.2, 0) is 72.0 Å². The van der Waals surface area contributed by atoms with Gasteiger partial charge in [-0.3, -0.25) is 19.2 Å². The maximum atomic E-state index is 14.6. The lowest BCUT2D eigenvalue weighted by molar-refractivity contribution is -0.319. The Morgan fingerprint density at radius 1 is 0.806 bits per heavy atom. The molecule has 0 spiro atoms. The van der Waals surface area contributed by atoms with Crippen LogP contribution in [0.5, 0.6) is 0 Å². The standard InChI is InChI=1S/C53H61NO13/c1-34(2)43-33-65-53(60)54(43)51(59)42(28-37-18-9-6-10-19-37)47(66-36(4)56)45(58)29-41(40-24-15-17-35(3)27-40)44(57)25-16-26-62-50-49(64-32-39-22-13-8-14-23-39)48(46(30-55)67-52(50)61-5)63-31-38-20-11-7-12-21-38/h6-15,17-24,27,29,34,42-43,46-50,52,55H,16,25-26,28,30-33H2,1-5H3/t42-,43+,46-,47-,48-,49+,50+,52+/m1/s1. The smallest absolute Gasteiger partial charge is 0.416 e. The van der Waals surface area contributed by atoms with E-state index in [0.717, 1.165) is 34.6 Å². The summed E-state index contributed by atoms with van der Waals surface area (Å²) < 4.78 is 42.3. The molecule has 0 unspecified atom stereocenters. The number of aryl methyl sites for hydroxylation is 1. The fourth-order valence-corrected chi connectivity index (χ4v) is 8.33. The third kappa shape index (κ3) is 13.6. The zero-order valence-electron chi connectivity index (χ0n) is 38.7. The molecule has 2 heterocycles. The van der Waals surface area contributed by atoms with Gasteiger partial charge in [0.15, 0.2) is 24.0 Å². The average Bonchev–Trinajstić information content (AvgIpc) is 3.73. The third-order valence-corrected chi connectivity index (χ3v) is 11.8. The zero-order valence-corrected chi connectivity index (χ0v) is 38.7. The van der Waals surface area contributed by atoms with Gasteiger partial charge in [-0.25, -0.2) is 9.69 Å². The summed E-state index contributed by atoms with van der Waals surface area (Å²) in [6, 6.07) is 34.5. The number of hydrogen-bond donors (Lipinski definition) is 1. The van der Waals surface area contributed by atoms with E-state index in [2.05, 4.69) is 0 Å². The van der Waals surface area contributed by atoms with Gasteiger partial charge in [0.1, 0.15) is 31.0 Å². The summed E-state index contributed by atoms with van der Waals surface area (Å²) in [6.45, 7) is 6.74. The summed E-state index contributed by atoms with van der Waals surface area (Å²) in [5.74, 6) is -4.30. The van der Waals surface area contributed by atoms with E-state index in [0.29, 0.717) is 11.1 Å². The van der Waals surface area contributed by atoms with Crippen molar-refractivity contribution in [1.29, 1.82) is 0 Å². The summed E-state index contributed by atoms with van der Waals surface area (Å²) >= 11 is 0. The third-order valence-electron chi connectivity index (χ3n) is 11.8. The Hall–Kier alpha value is -5.87. The van der Waals surface area contributed by atoms with E-state index in [1.807, 2.05) is 87.5 Å². The number of hydrogen-bond acceptors (Lipinski definition) is 13. The van der Waals surface area contributed by atoms with Crippen LogP contribution in [0, 0.1) is 18.8 Å². The molecule has 0 saturated carbocycles. The van der Waals surface area contributed by atoms with Gasteiger partial charge < -0.3 is 38.3 Å². The average molecular weight is 920 g/mol. The van der Waals surface area contributed by atoms with Crippen molar-refractivity contribution in [1.82, 2.24) is 4.90 Å². The maximum Gasteiger partial charge on any atom is 0.416 e. The van der Waals surface area contributed by atoms with Crippen LogP contribution in [0.1, 0.15) is 61.4 Å². The van der Waals surface area contributed by atoms with Gasteiger partial charge in [-0.05, 0) is 54.0 Å². The van der Waals surface area contributed by atoms with Crippen LogP contribution in [-0.4, -0.2) is 109 Å². The van der Waals surface area contributed by atoms with E-state index in [9.17, 15) is 29.1 Å². The molecule has 2 aliphatic heterocycles. The number of esters is 1. The van der Waals surface area contributed by atoms with Crippen LogP contribution in [0.25, 0.3) is 5.57 Å². The molecular formula is C53H61NO13. The van der Waals surface area contributed by atoms with Crippen molar-refractivity contribution in [3.05, 3.63) is 149 Å². The van der Waals surface area contributed by atoms with Gasteiger partial charge in [-0.15, -0.1) is 0 Å². The summed E-state index contributed by atoms with van der Waals surface area (Å²) in [5, 5.41) is 10.5. The molecule has 0 aliphatic carbocycles. The van der Waals surface area contributed by atoms with E-state index < -0.39 is 78.3 Å². The molecule has 2 amide bonds. The van der Waals surface area contributed by atoms with E-state index >= 15 is 0 Å². The molecule has 0 bridgehead atoms. The van der Waals surface area contributed by atoms with Gasteiger partial charge in [0, 0.05) is 32.6 Å². The summed E-state index contributed by atoms with van der Waals surface area (Å²) in [7, 11) is 1.47. The molecule has 14 nitrogen and oxygen atoms in total. The molecular weight excluding hydrogens is 859 g/mol. The first-order chi connectivity index (χ1) is 32.4. The van der Waals surface area contributed by atoms with Crippen LogP contribution in [0.4, 0.5) is 4.79 Å². The van der Waals surface area contributed by atoms with Crippen molar-refractivity contribution in [2.24, 2.45) is 11.8 Å². The van der Waals surface area contributed by atoms with Crippen LogP contribution >= 0.6 is 0 Å². The summed E-state index contributed by atoms with van der Waals surface area (Å²) in [4.78, 5) is 70.4. The van der Waals surface area contributed by atoms with Crippen molar-refractivity contribution < 1.29 is 62.2 Å². The molecule has 0 radical (unpaired) electrons. The van der Waals surface area contributed by atoms with E-state index in [-0.39, 0.29) is 63.8 Å². The summed E-state index contributed by atoms with van der Waals surface area (Å²) in [6.07, 6.45) is -5.56. The number of carbonyl (C=O) groups excluding carboxylic acids is 5. The molecule has 14 heteroatoms. The molecule has 4 aromatic carbocycles. The molecule has 2 aliphatic rings. The van der Waals surface area contributed by atoms with Crippen molar-refractivity contribution in [3.8, 4) is 0 Å². The highest BCUT2D eigenvalue weighted by atomic mass is 16.7. The molecule has 6 rings (SSSR count). The zero-order chi connectivity index (χ0) is 47.9. The largest absolute Gasteiger partial charge is 0.453 e. The Balaban J connectivity index is 1.25. The van der Waals surface area contributed by atoms with Gasteiger partial charge in [0.25, 0.3) is 0 Å². The number of Topliss-reactive ketones (excluding diaryl/α,β-unsaturated/α-hetero) is 1. The number of ether oxygens (including phenoxy) is 7. The second kappa shape index (κ2) is 24.8. The van der Waals surface area contributed by atoms with Crippen molar-refractivity contribution in [3.63, 3.8) is 0 Å². The SMILES string of the molecule is CO[C@H]1O[C@H](CO)[C@@H](OCc2ccccc2)[C@H](OCc2ccccc2)[C@@H]1OCCCC(=O)C(=CC(=O)[C@H](OC(C)=O)[C@@H](Cc1ccccc1)C(=O)N1C(=O)OC[C@H]1C(C)C)c1cccc(C)c1. The van der Waals surface area contributed by atoms with Crippen LogP contribution in [0.15, 0.2) is 121 Å². The van der Waals surface area contributed by atoms with Crippen molar-refractivity contribution in [2.45, 2.75) is 103 Å². The number of aliphatic hydroxyl groups is 1. The van der Waals surface area contributed by atoms with Gasteiger partial charge in [-0.2, -0.15) is 0 Å². The minimum atomic E-state index is -1.70. The Labute approximate surface area is 392 Å². The van der Waals surface area contributed by atoms with Crippen LogP contribution < -0.4 is 0 Å². The minimum Gasteiger partial charge on any atom is -0.453 e. The number of carbonyl (C=O) groups is 5. The molecule has 0 aromatic heterocycles. The number of ketones is 2. The van der Waals surface area contributed by atoms with Gasteiger partial charge in [0.2, 0.25) is 5.91 Å². The van der Waals surface area contributed by atoms with E-state index in [1.54, 1.807) is 48.5 Å². The predicted octanol–water partition coefficient (Wildman–Crippen LogP) is 7.01. The molecule has 2 saturated heterocycles. The highest BCUT2D eigenvalue weighted by molar-refractivity contribution is 6.25. The summed E-state index contributed by atoms with van der Waals surface area (Å²) in [5.41, 5.74) is 3.78. The molecule has 4 aromatic rings. The van der Waals surface area contributed by atoms with E-state index in [4.69, 9.17) is 33.2 Å². The number of imide groups is 1. The number of amides is 2. The lowest BCUT2D eigenvalue weighted by Crippen LogP contribution is -2.61. The van der Waals surface area contributed by atoms with Crippen molar-refractivity contribution >= 4 is 35.1 Å². The topological polar surface area (TPSA) is 173 Å². The molecule has 1 N–H and O–H groups in total. The van der Waals surface area contributed by atoms with Crippen molar-refractivity contribution in [2.75, 3.05) is 26.9 Å². The van der Waals surface area contributed by atoms with Crippen LogP contribution in [0.2, 0.25) is 0 Å². The highest BCUT2D eigenvalue weighted by Crippen LogP contribution is 2.32. The first-order valence-corrected chi connectivity index (χ1v) is 22.7. The predicted molar refractivity (Wildman–Crippen MR) is 247 cm³/mol. The lowest BCUT2D eigenvalue weighted by Gasteiger charge is -2.45. The normalized spacial score (nSPS) is 21.7. The number of rotatable bonds is 23. The Bertz CT molecular complexity index is 2290. The minimum absolute atomic E-state index is 0.0187. The van der Waals surface area contributed by atoms with E-state index in [1.165, 1.54) is 7.11 Å². The first kappa shape index (κ1) is 50.5. The van der Waals surface area contributed by atoms with Gasteiger partial charge >= 0.3 is 12.1 Å². The number of methoxy groups -OCH3 is 1. The number of aliphatic hydroxyl groups excluding tert-OH is 1. The van der Waals surface area contributed by atoms with Gasteiger partial charge in [-0.1, -0.05) is 135 Å². The molecule has 356 valence electrons. The fraction of sp³-hybridized carbons (Fsp3) is 0.415. The molecule has 67 heavy (non-hydrogen) atoms. The monoisotopic (exact) mass is 919 g/mol. The fourth-order valence-electron chi connectivity index (χ4n) is 8.33. The number of cyclic esters (lactones) is 1. The Morgan fingerprint density at radius 3 is 1.99 bits per heavy atom. The molecule has 8 atom stereocenters.